The number of rotatable bonds is 4. The van der Waals surface area contributed by atoms with Crippen LogP contribution in [0.15, 0.2) is 73.1 Å². The van der Waals surface area contributed by atoms with Crippen molar-refractivity contribution in [2.75, 3.05) is 5.32 Å². The average molecular weight is 415 g/mol. The first-order chi connectivity index (χ1) is 11.2. The summed E-state index contributed by atoms with van der Waals surface area (Å²) in [5.41, 5.74) is 2.66. The highest BCUT2D eigenvalue weighted by molar-refractivity contribution is 14.1. The van der Waals surface area contributed by atoms with Crippen molar-refractivity contribution in [2.24, 2.45) is 0 Å². The van der Waals surface area contributed by atoms with Gasteiger partial charge in [-0.15, -0.1) is 0 Å². The maximum atomic E-state index is 12.0. The maximum Gasteiger partial charge on any atom is 0.248 e. The zero-order chi connectivity index (χ0) is 16.1. The second kappa shape index (κ2) is 7.23. The van der Waals surface area contributed by atoms with Crippen LogP contribution in [0.2, 0.25) is 0 Å². The van der Waals surface area contributed by atoms with Gasteiger partial charge in [0.25, 0.3) is 0 Å². The summed E-state index contributed by atoms with van der Waals surface area (Å²) in [6.07, 6.45) is 6.86. The molecule has 0 radical (unpaired) electrons. The van der Waals surface area contributed by atoms with Crippen LogP contribution in [0, 0.1) is 3.57 Å². The summed E-state index contributed by atoms with van der Waals surface area (Å²) in [5, 5.41) is 7.15. The highest BCUT2D eigenvalue weighted by atomic mass is 127. The van der Waals surface area contributed by atoms with Crippen LogP contribution in [0.1, 0.15) is 5.56 Å². The molecule has 0 atom stereocenters. The fourth-order valence-corrected chi connectivity index (χ4v) is 2.58. The van der Waals surface area contributed by atoms with Crippen molar-refractivity contribution in [3.05, 3.63) is 82.2 Å². The molecular formula is C18H14IN3O. The smallest absolute Gasteiger partial charge is 0.248 e. The Balaban J connectivity index is 1.68. The van der Waals surface area contributed by atoms with Crippen LogP contribution < -0.4 is 5.32 Å². The molecule has 2 aromatic carbocycles. The number of nitrogens with zero attached hydrogens (tertiary/aromatic N) is 2. The Bertz CT molecular complexity index is 840. The molecule has 0 spiro atoms. The Morgan fingerprint density at radius 2 is 1.83 bits per heavy atom. The van der Waals surface area contributed by atoms with Crippen LogP contribution in [-0.4, -0.2) is 15.7 Å². The third-order valence-corrected chi connectivity index (χ3v) is 4.12. The van der Waals surface area contributed by atoms with E-state index in [0.717, 1.165) is 20.5 Å². The van der Waals surface area contributed by atoms with E-state index in [1.165, 1.54) is 6.08 Å². The van der Waals surface area contributed by atoms with Gasteiger partial charge in [-0.3, -0.25) is 4.79 Å². The molecule has 3 aromatic rings. The third kappa shape index (κ3) is 4.07. The summed E-state index contributed by atoms with van der Waals surface area (Å²) in [6, 6.07) is 17.5. The predicted octanol–water partition coefficient (Wildman–Crippen LogP) is 4.13. The van der Waals surface area contributed by atoms with Gasteiger partial charge in [0.1, 0.15) is 0 Å². The molecule has 0 aliphatic rings. The number of carbonyl (C=O) groups excluding carboxylic acids is 1. The molecule has 4 nitrogen and oxygen atoms in total. The third-order valence-electron chi connectivity index (χ3n) is 3.18. The standard InChI is InChI=1S/C18H14IN3O/c19-16-8-4-5-9-17(16)21-18(23)11-10-14-12-20-22(13-14)15-6-2-1-3-7-15/h1-13H,(H,21,23)/b11-10+. The number of aromatic nitrogens is 2. The summed E-state index contributed by atoms with van der Waals surface area (Å²) < 4.78 is 2.78. The van der Waals surface area contributed by atoms with Crippen LogP contribution >= 0.6 is 22.6 Å². The molecule has 1 aromatic heterocycles. The van der Waals surface area contributed by atoms with Crippen molar-refractivity contribution in [1.29, 1.82) is 0 Å². The molecule has 23 heavy (non-hydrogen) atoms. The normalized spacial score (nSPS) is 10.8. The number of carbonyl (C=O) groups is 1. The minimum atomic E-state index is -0.165. The molecule has 0 aliphatic heterocycles. The molecular weight excluding hydrogens is 401 g/mol. The fraction of sp³-hybridized carbons (Fsp3) is 0. The van der Waals surface area contributed by atoms with Crippen molar-refractivity contribution in [2.45, 2.75) is 0 Å². The zero-order valence-electron chi connectivity index (χ0n) is 12.2. The van der Waals surface area contributed by atoms with E-state index in [4.69, 9.17) is 0 Å². The summed E-state index contributed by atoms with van der Waals surface area (Å²) in [7, 11) is 0. The molecule has 0 saturated carbocycles. The minimum Gasteiger partial charge on any atom is -0.322 e. The number of para-hydroxylation sites is 2. The maximum absolute atomic E-state index is 12.0. The molecule has 114 valence electrons. The van der Waals surface area contributed by atoms with E-state index in [9.17, 15) is 4.79 Å². The fourth-order valence-electron chi connectivity index (χ4n) is 2.05. The molecule has 3 rings (SSSR count). The van der Waals surface area contributed by atoms with E-state index in [1.54, 1.807) is 17.0 Å². The number of hydrogen-bond acceptors (Lipinski definition) is 2. The van der Waals surface area contributed by atoms with Gasteiger partial charge in [-0.2, -0.15) is 5.10 Å². The molecule has 5 heteroatoms. The minimum absolute atomic E-state index is 0.165. The predicted molar refractivity (Wildman–Crippen MR) is 100 cm³/mol. The number of hydrogen-bond donors (Lipinski definition) is 1. The van der Waals surface area contributed by atoms with Crippen molar-refractivity contribution in [1.82, 2.24) is 9.78 Å². The Morgan fingerprint density at radius 1 is 1.09 bits per heavy atom. The summed E-state index contributed by atoms with van der Waals surface area (Å²) in [5.74, 6) is -0.165. The average Bonchev–Trinajstić information content (AvgIpc) is 3.05. The van der Waals surface area contributed by atoms with Gasteiger partial charge in [0.05, 0.1) is 17.6 Å². The van der Waals surface area contributed by atoms with Gasteiger partial charge < -0.3 is 5.32 Å². The Hall–Kier alpha value is -2.41. The second-order valence-corrected chi connectivity index (χ2v) is 6.02. The Kier molecular flexibility index (Phi) is 4.87. The molecule has 0 unspecified atom stereocenters. The lowest BCUT2D eigenvalue weighted by Crippen LogP contribution is -2.08. The molecule has 1 N–H and O–H groups in total. The van der Waals surface area contributed by atoms with Gasteiger partial charge in [-0.05, 0) is 52.9 Å². The second-order valence-electron chi connectivity index (χ2n) is 4.86. The molecule has 0 aliphatic carbocycles. The van der Waals surface area contributed by atoms with Gasteiger partial charge in [0, 0.05) is 21.4 Å². The summed E-state index contributed by atoms with van der Waals surface area (Å²) >= 11 is 2.19. The quantitative estimate of drug-likeness (QED) is 0.515. The number of amides is 1. The number of anilines is 1. The van der Waals surface area contributed by atoms with Crippen LogP contribution in [0.5, 0.6) is 0 Å². The number of nitrogens with one attached hydrogen (secondary N) is 1. The molecule has 0 bridgehead atoms. The SMILES string of the molecule is O=C(/C=C/c1cnn(-c2ccccc2)c1)Nc1ccccc1I. The highest BCUT2D eigenvalue weighted by Gasteiger charge is 2.02. The molecule has 0 fully saturated rings. The zero-order valence-corrected chi connectivity index (χ0v) is 14.3. The van der Waals surface area contributed by atoms with Gasteiger partial charge >= 0.3 is 0 Å². The highest BCUT2D eigenvalue weighted by Crippen LogP contribution is 2.17. The van der Waals surface area contributed by atoms with Gasteiger partial charge in [-0.25, -0.2) is 4.68 Å². The number of benzene rings is 2. The van der Waals surface area contributed by atoms with Crippen LogP contribution in [0.25, 0.3) is 11.8 Å². The van der Waals surface area contributed by atoms with Crippen LogP contribution in [0.4, 0.5) is 5.69 Å². The topological polar surface area (TPSA) is 46.9 Å². The van der Waals surface area contributed by atoms with E-state index in [0.29, 0.717) is 0 Å². The summed E-state index contributed by atoms with van der Waals surface area (Å²) in [6.45, 7) is 0. The lowest BCUT2D eigenvalue weighted by molar-refractivity contribution is -0.111. The first kappa shape index (κ1) is 15.5. The van der Waals surface area contributed by atoms with E-state index in [2.05, 4.69) is 33.0 Å². The number of halogens is 1. The van der Waals surface area contributed by atoms with Gasteiger partial charge in [0.2, 0.25) is 5.91 Å². The lowest BCUT2D eigenvalue weighted by atomic mass is 10.3. The van der Waals surface area contributed by atoms with E-state index < -0.39 is 0 Å². The Morgan fingerprint density at radius 3 is 2.61 bits per heavy atom. The first-order valence-corrected chi connectivity index (χ1v) is 8.14. The van der Waals surface area contributed by atoms with Crippen molar-refractivity contribution < 1.29 is 4.79 Å². The molecule has 1 amide bonds. The molecule has 0 saturated heterocycles. The van der Waals surface area contributed by atoms with Gasteiger partial charge in [-0.1, -0.05) is 30.3 Å². The monoisotopic (exact) mass is 415 g/mol. The Labute approximate surface area is 148 Å². The molecule has 1 heterocycles. The van der Waals surface area contributed by atoms with Crippen molar-refractivity contribution >= 4 is 40.3 Å². The lowest BCUT2D eigenvalue weighted by Gasteiger charge is -2.03. The van der Waals surface area contributed by atoms with E-state index in [1.807, 2.05) is 60.8 Å². The van der Waals surface area contributed by atoms with Gasteiger partial charge in [0.15, 0.2) is 0 Å². The largest absolute Gasteiger partial charge is 0.322 e. The van der Waals surface area contributed by atoms with E-state index in [-0.39, 0.29) is 5.91 Å². The van der Waals surface area contributed by atoms with Crippen LogP contribution in [-0.2, 0) is 4.79 Å². The summed E-state index contributed by atoms with van der Waals surface area (Å²) in [4.78, 5) is 12.0. The van der Waals surface area contributed by atoms with Crippen LogP contribution in [0.3, 0.4) is 0 Å². The van der Waals surface area contributed by atoms with Crippen molar-refractivity contribution in [3.8, 4) is 5.69 Å². The first-order valence-electron chi connectivity index (χ1n) is 7.06. The van der Waals surface area contributed by atoms with E-state index >= 15 is 0 Å². The van der Waals surface area contributed by atoms with Crippen molar-refractivity contribution in [3.63, 3.8) is 0 Å².